The number of nitrogens with zero attached hydrogens (tertiary/aromatic N) is 1. The van der Waals surface area contributed by atoms with Crippen molar-refractivity contribution >= 4 is 23.5 Å². The van der Waals surface area contributed by atoms with Crippen molar-refractivity contribution in [2.24, 2.45) is 0 Å². The molecule has 0 spiro atoms. The lowest BCUT2D eigenvalue weighted by Crippen LogP contribution is -2.34. The van der Waals surface area contributed by atoms with E-state index in [4.69, 9.17) is 30.5 Å². The molecule has 5 rings (SSSR count). The van der Waals surface area contributed by atoms with Crippen molar-refractivity contribution in [1.82, 2.24) is 4.90 Å². The van der Waals surface area contributed by atoms with Gasteiger partial charge in [0.15, 0.2) is 5.76 Å². The predicted molar refractivity (Wildman–Crippen MR) is 135 cm³/mol. The van der Waals surface area contributed by atoms with Crippen molar-refractivity contribution in [3.8, 4) is 23.0 Å². The third-order valence-electron chi connectivity index (χ3n) is 6.36. The minimum Gasteiger partial charge on any atom is -0.497 e. The van der Waals surface area contributed by atoms with Crippen molar-refractivity contribution in [2.75, 3.05) is 27.5 Å². The molecule has 2 aliphatic rings. The van der Waals surface area contributed by atoms with E-state index >= 15 is 0 Å². The summed E-state index contributed by atoms with van der Waals surface area (Å²) in [6, 6.07) is 15.2. The van der Waals surface area contributed by atoms with Crippen LogP contribution >= 0.6 is 11.6 Å². The summed E-state index contributed by atoms with van der Waals surface area (Å²) in [5.41, 5.74) is 4.30. The molecule has 0 amide bonds. The maximum Gasteiger partial charge on any atom is 0.231 e. The number of benzene rings is 3. The molecule has 0 bridgehead atoms. The number of methoxy groups -OCH3 is 2. The van der Waals surface area contributed by atoms with Crippen molar-refractivity contribution in [2.45, 2.75) is 19.9 Å². The molecule has 0 atom stereocenters. The Bertz CT molecular complexity index is 1320. The second-order valence-corrected chi connectivity index (χ2v) is 9.05. The Hall–Kier alpha value is -3.48. The van der Waals surface area contributed by atoms with Gasteiger partial charge in [0.2, 0.25) is 5.78 Å². The first-order valence-corrected chi connectivity index (χ1v) is 11.8. The lowest BCUT2D eigenvalue weighted by Gasteiger charge is -2.30. The number of Topliss-reactive ketones (excluding diaryl/α,β-unsaturated/α-hetero) is 1. The molecule has 3 aromatic rings. The van der Waals surface area contributed by atoms with Crippen LogP contribution in [0.3, 0.4) is 0 Å². The van der Waals surface area contributed by atoms with Gasteiger partial charge in [-0.3, -0.25) is 9.69 Å². The average Bonchev–Trinajstić information content (AvgIpc) is 3.18. The van der Waals surface area contributed by atoms with Crippen LogP contribution in [0.2, 0.25) is 5.02 Å². The van der Waals surface area contributed by atoms with E-state index in [1.54, 1.807) is 32.4 Å². The Morgan fingerprint density at radius 1 is 1.06 bits per heavy atom. The van der Waals surface area contributed by atoms with Gasteiger partial charge in [0.05, 0.1) is 19.8 Å². The summed E-state index contributed by atoms with van der Waals surface area (Å²) in [5, 5.41) is 0.735. The molecule has 0 aromatic heterocycles. The van der Waals surface area contributed by atoms with Crippen LogP contribution in [0.4, 0.5) is 0 Å². The fourth-order valence-electron chi connectivity index (χ4n) is 4.47. The normalized spacial score (nSPS) is 15.9. The van der Waals surface area contributed by atoms with E-state index in [0.717, 1.165) is 34.9 Å². The molecule has 0 radical (unpaired) electrons. The zero-order valence-corrected chi connectivity index (χ0v) is 20.6. The maximum atomic E-state index is 13.3. The maximum absolute atomic E-state index is 13.3. The minimum absolute atomic E-state index is 0.158. The third kappa shape index (κ3) is 4.59. The summed E-state index contributed by atoms with van der Waals surface area (Å²) < 4.78 is 22.9. The zero-order chi connectivity index (χ0) is 24.5. The second-order valence-electron chi connectivity index (χ2n) is 8.62. The molecule has 0 saturated heterocycles. The van der Waals surface area contributed by atoms with Crippen molar-refractivity contribution in [3.05, 3.63) is 87.1 Å². The van der Waals surface area contributed by atoms with Gasteiger partial charge in [0.25, 0.3) is 0 Å². The van der Waals surface area contributed by atoms with Crippen molar-refractivity contribution in [3.63, 3.8) is 0 Å². The van der Waals surface area contributed by atoms with Crippen LogP contribution in [-0.4, -0.2) is 38.2 Å². The first kappa shape index (κ1) is 23.3. The fourth-order valence-corrected chi connectivity index (χ4v) is 4.60. The first-order chi connectivity index (χ1) is 17.0. The van der Waals surface area contributed by atoms with E-state index in [9.17, 15) is 4.79 Å². The number of ether oxygens (including phenoxy) is 4. The molecule has 0 aliphatic carbocycles. The SMILES string of the molecule is COc1ccc(OC)c(/C=C2\Oc3c(cc4c(c3C)OCN(CCc3ccc(Cl)cc3)C4)C2=O)c1. The second kappa shape index (κ2) is 9.64. The quantitative estimate of drug-likeness (QED) is 0.414. The standard InChI is InChI=1S/C28H26ClNO5/c1-17-27-20(15-30(16-34-27)11-10-18-4-6-21(29)7-5-18)13-23-26(31)25(35-28(17)23)14-19-12-22(32-2)8-9-24(19)33-3/h4-9,12-14H,10-11,15-16H2,1-3H3/b25-14-. The molecule has 3 aromatic carbocycles. The monoisotopic (exact) mass is 491 g/mol. The third-order valence-corrected chi connectivity index (χ3v) is 6.61. The highest BCUT2D eigenvalue weighted by Gasteiger charge is 2.33. The zero-order valence-electron chi connectivity index (χ0n) is 19.9. The molecule has 0 fully saturated rings. The van der Waals surface area contributed by atoms with Gasteiger partial charge < -0.3 is 18.9 Å². The predicted octanol–water partition coefficient (Wildman–Crippen LogP) is 5.68. The molecular formula is C28H26ClNO5. The summed E-state index contributed by atoms with van der Waals surface area (Å²) in [5.74, 6) is 2.72. The van der Waals surface area contributed by atoms with Gasteiger partial charge in [-0.25, -0.2) is 0 Å². The number of halogens is 1. The van der Waals surface area contributed by atoms with Crippen molar-refractivity contribution in [1.29, 1.82) is 0 Å². The van der Waals surface area contributed by atoms with E-state index in [-0.39, 0.29) is 11.5 Å². The number of carbonyl (C=O) groups excluding carboxylic acids is 1. The number of fused-ring (bicyclic) bond motifs is 2. The highest BCUT2D eigenvalue weighted by molar-refractivity contribution is 6.30. The molecule has 2 aliphatic heterocycles. The van der Waals surface area contributed by atoms with Gasteiger partial charge in [-0.05, 0) is 61.4 Å². The van der Waals surface area contributed by atoms with Crippen LogP contribution < -0.4 is 18.9 Å². The van der Waals surface area contributed by atoms with Gasteiger partial charge in [-0.1, -0.05) is 23.7 Å². The van der Waals surface area contributed by atoms with E-state index in [0.29, 0.717) is 41.7 Å². The Labute approximate surface area is 209 Å². The summed E-state index contributed by atoms with van der Waals surface area (Å²) in [7, 11) is 3.18. The minimum atomic E-state index is -0.158. The average molecular weight is 492 g/mol. The van der Waals surface area contributed by atoms with Crippen LogP contribution in [-0.2, 0) is 13.0 Å². The van der Waals surface area contributed by atoms with E-state index < -0.39 is 0 Å². The van der Waals surface area contributed by atoms with Crippen LogP contribution in [0, 0.1) is 6.92 Å². The lowest BCUT2D eigenvalue weighted by molar-refractivity contribution is 0.0954. The Morgan fingerprint density at radius 2 is 1.86 bits per heavy atom. The molecule has 6 nitrogen and oxygen atoms in total. The van der Waals surface area contributed by atoms with E-state index in [2.05, 4.69) is 4.90 Å². The summed E-state index contributed by atoms with van der Waals surface area (Å²) in [6.45, 7) is 3.96. The van der Waals surface area contributed by atoms with Crippen LogP contribution in [0.15, 0.2) is 54.3 Å². The van der Waals surface area contributed by atoms with Crippen LogP contribution in [0.1, 0.15) is 32.6 Å². The molecule has 0 unspecified atom stereocenters. The fraction of sp³-hybridized carbons (Fsp3) is 0.250. The molecule has 0 N–H and O–H groups in total. The Morgan fingerprint density at radius 3 is 2.60 bits per heavy atom. The van der Waals surface area contributed by atoms with E-state index in [1.165, 1.54) is 5.56 Å². The Kier molecular flexibility index (Phi) is 6.41. The largest absolute Gasteiger partial charge is 0.497 e. The van der Waals surface area contributed by atoms with Gasteiger partial charge in [-0.15, -0.1) is 0 Å². The first-order valence-electron chi connectivity index (χ1n) is 11.4. The number of rotatable bonds is 6. The Balaban J connectivity index is 1.38. The summed E-state index contributed by atoms with van der Waals surface area (Å²) in [6.07, 6.45) is 2.58. The molecule has 35 heavy (non-hydrogen) atoms. The van der Waals surface area contributed by atoms with Gasteiger partial charge in [-0.2, -0.15) is 0 Å². The topological polar surface area (TPSA) is 57.2 Å². The van der Waals surface area contributed by atoms with Gasteiger partial charge >= 0.3 is 0 Å². The van der Waals surface area contributed by atoms with Crippen molar-refractivity contribution < 1.29 is 23.7 Å². The number of allylic oxidation sites excluding steroid dienone is 1. The molecule has 180 valence electrons. The molecular weight excluding hydrogens is 466 g/mol. The molecule has 0 saturated carbocycles. The van der Waals surface area contributed by atoms with Gasteiger partial charge in [0.1, 0.15) is 29.7 Å². The number of ketones is 1. The summed E-state index contributed by atoms with van der Waals surface area (Å²) in [4.78, 5) is 15.5. The lowest BCUT2D eigenvalue weighted by atomic mass is 9.99. The van der Waals surface area contributed by atoms with Crippen LogP contribution in [0.25, 0.3) is 6.08 Å². The molecule has 7 heteroatoms. The number of hydrogen-bond acceptors (Lipinski definition) is 6. The highest BCUT2D eigenvalue weighted by atomic mass is 35.5. The van der Waals surface area contributed by atoms with Crippen LogP contribution in [0.5, 0.6) is 23.0 Å². The van der Waals surface area contributed by atoms with Gasteiger partial charge in [0, 0.05) is 34.8 Å². The summed E-state index contributed by atoms with van der Waals surface area (Å²) >= 11 is 5.99. The number of carbonyl (C=O) groups is 1. The highest BCUT2D eigenvalue weighted by Crippen LogP contribution is 2.43. The number of hydrogen-bond donors (Lipinski definition) is 0. The van der Waals surface area contributed by atoms with E-state index in [1.807, 2.05) is 43.3 Å². The molecule has 2 heterocycles. The smallest absolute Gasteiger partial charge is 0.231 e.